The molecule has 1 aliphatic rings. The Morgan fingerprint density at radius 3 is 1.97 bits per heavy atom. The fraction of sp³-hybridized carbons (Fsp3) is 0.893. The van der Waals surface area contributed by atoms with Gasteiger partial charge in [-0.05, 0) is 103 Å². The number of unbranched alkanes of at least 4 members (excludes halogenated alkanes) is 12. The number of hydrogen-bond acceptors (Lipinski definition) is 5. The van der Waals surface area contributed by atoms with Gasteiger partial charge in [-0.1, -0.05) is 51.4 Å². The second-order valence-electron chi connectivity index (χ2n) is 9.81. The number of nitrogens with one attached hydrogen (secondary N) is 1. The van der Waals surface area contributed by atoms with Crippen molar-refractivity contribution in [1.29, 1.82) is 5.41 Å². The highest BCUT2D eigenvalue weighted by molar-refractivity contribution is 5.69. The standard InChI is InChI=1S/C28H53N3O2/c1-30-23-15-11-7-3-5-9-13-20-27(19-12-8-4-2-6-10-14-22-29)33-28(32)21-18-26-31-24-16-17-25-31/h22-23,27,29H,2-21,24-26H2,1H3/b29-22?,30-23-. The van der Waals surface area contributed by atoms with Crippen LogP contribution in [0.25, 0.3) is 0 Å². The second kappa shape index (κ2) is 22.6. The Balaban J connectivity index is 2.19. The van der Waals surface area contributed by atoms with Crippen LogP contribution >= 0.6 is 0 Å². The molecule has 1 saturated heterocycles. The third kappa shape index (κ3) is 18.8. The van der Waals surface area contributed by atoms with E-state index in [2.05, 4.69) is 9.89 Å². The van der Waals surface area contributed by atoms with E-state index in [0.29, 0.717) is 6.42 Å². The van der Waals surface area contributed by atoms with Crippen LogP contribution in [0.5, 0.6) is 0 Å². The molecule has 1 N–H and O–H groups in total. The Bertz CT molecular complexity index is 490. The molecule has 1 aliphatic heterocycles. The summed E-state index contributed by atoms with van der Waals surface area (Å²) in [7, 11) is 1.84. The minimum absolute atomic E-state index is 0.0171. The predicted molar refractivity (Wildman–Crippen MR) is 142 cm³/mol. The average molecular weight is 464 g/mol. The van der Waals surface area contributed by atoms with Crippen molar-refractivity contribution in [2.75, 3.05) is 26.7 Å². The van der Waals surface area contributed by atoms with E-state index >= 15 is 0 Å². The summed E-state index contributed by atoms with van der Waals surface area (Å²) in [5.41, 5.74) is 0. The highest BCUT2D eigenvalue weighted by Gasteiger charge is 2.16. The van der Waals surface area contributed by atoms with Gasteiger partial charge in [0, 0.05) is 13.5 Å². The van der Waals surface area contributed by atoms with Gasteiger partial charge in [-0.3, -0.25) is 4.79 Å². The number of aliphatic imine (C=N–C) groups is 1. The Morgan fingerprint density at radius 1 is 0.848 bits per heavy atom. The lowest BCUT2D eigenvalue weighted by Crippen LogP contribution is -2.23. The zero-order chi connectivity index (χ0) is 23.8. The molecule has 1 unspecified atom stereocenters. The SMILES string of the molecule is C/N=C\CCCCCCCCC(CCCCCCCCC=N)OC(=O)CCCN1CCCC1. The van der Waals surface area contributed by atoms with Gasteiger partial charge in [0.1, 0.15) is 6.10 Å². The van der Waals surface area contributed by atoms with Crippen molar-refractivity contribution in [2.45, 2.75) is 135 Å². The number of esters is 1. The molecule has 1 fully saturated rings. The number of likely N-dealkylation sites (tertiary alicyclic amines) is 1. The number of ether oxygens (including phenoxy) is 1. The van der Waals surface area contributed by atoms with Gasteiger partial charge in [0.25, 0.3) is 0 Å². The molecule has 0 aliphatic carbocycles. The maximum absolute atomic E-state index is 12.5. The Hall–Kier alpha value is -1.23. The minimum atomic E-state index is 0.0171. The average Bonchev–Trinajstić information content (AvgIpc) is 3.33. The monoisotopic (exact) mass is 463 g/mol. The molecule has 0 aromatic carbocycles. The number of rotatable bonds is 23. The molecule has 192 valence electrons. The Kier molecular flexibility index (Phi) is 20.4. The molecule has 5 nitrogen and oxygen atoms in total. The number of hydrogen-bond donors (Lipinski definition) is 1. The fourth-order valence-corrected chi connectivity index (χ4v) is 4.73. The van der Waals surface area contributed by atoms with Crippen molar-refractivity contribution < 1.29 is 9.53 Å². The summed E-state index contributed by atoms with van der Waals surface area (Å²) in [4.78, 5) is 19.0. The highest BCUT2D eigenvalue weighted by atomic mass is 16.5. The predicted octanol–water partition coefficient (Wildman–Crippen LogP) is 7.37. The van der Waals surface area contributed by atoms with E-state index in [1.165, 1.54) is 96.4 Å². The van der Waals surface area contributed by atoms with Gasteiger partial charge >= 0.3 is 5.97 Å². The summed E-state index contributed by atoms with van der Waals surface area (Å²) in [5, 5.41) is 7.09. The molecule has 0 aromatic rings. The fourth-order valence-electron chi connectivity index (χ4n) is 4.73. The molecule has 0 aromatic heterocycles. The number of carbonyl (C=O) groups is 1. The summed E-state index contributed by atoms with van der Waals surface area (Å²) >= 11 is 0. The molecule has 0 spiro atoms. The quantitative estimate of drug-likeness (QED) is 0.0977. The molecule has 0 amide bonds. The second-order valence-corrected chi connectivity index (χ2v) is 9.81. The molecule has 33 heavy (non-hydrogen) atoms. The van der Waals surface area contributed by atoms with Crippen molar-refractivity contribution in [1.82, 2.24) is 4.90 Å². The first-order chi connectivity index (χ1) is 16.3. The van der Waals surface area contributed by atoms with Crippen molar-refractivity contribution >= 4 is 18.4 Å². The van der Waals surface area contributed by atoms with Gasteiger partial charge in [-0.15, -0.1) is 0 Å². The van der Waals surface area contributed by atoms with E-state index in [9.17, 15) is 4.79 Å². The van der Waals surface area contributed by atoms with E-state index < -0.39 is 0 Å². The van der Waals surface area contributed by atoms with Crippen LogP contribution in [0.15, 0.2) is 4.99 Å². The first-order valence-electron chi connectivity index (χ1n) is 14.1. The van der Waals surface area contributed by atoms with Crippen LogP contribution in [-0.2, 0) is 9.53 Å². The Morgan fingerprint density at radius 2 is 1.39 bits per heavy atom. The summed E-state index contributed by atoms with van der Waals surface area (Å²) < 4.78 is 5.95. The summed E-state index contributed by atoms with van der Waals surface area (Å²) in [6.07, 6.45) is 26.7. The normalized spacial score (nSPS) is 15.3. The van der Waals surface area contributed by atoms with E-state index in [1.54, 1.807) is 0 Å². The lowest BCUT2D eigenvalue weighted by molar-refractivity contribution is -0.150. The van der Waals surface area contributed by atoms with Crippen molar-refractivity contribution in [2.24, 2.45) is 4.99 Å². The van der Waals surface area contributed by atoms with Crippen LogP contribution in [0.1, 0.15) is 128 Å². The van der Waals surface area contributed by atoms with Crippen LogP contribution in [0.4, 0.5) is 0 Å². The van der Waals surface area contributed by atoms with Crippen molar-refractivity contribution in [3.05, 3.63) is 0 Å². The van der Waals surface area contributed by atoms with Crippen LogP contribution in [0, 0.1) is 5.41 Å². The van der Waals surface area contributed by atoms with Crippen molar-refractivity contribution in [3.8, 4) is 0 Å². The highest BCUT2D eigenvalue weighted by Crippen LogP contribution is 2.18. The van der Waals surface area contributed by atoms with Gasteiger partial charge < -0.3 is 20.0 Å². The number of nitrogens with zero attached hydrogens (tertiary/aromatic N) is 2. The first kappa shape index (κ1) is 29.8. The van der Waals surface area contributed by atoms with E-state index in [0.717, 1.165) is 51.5 Å². The molecular formula is C28H53N3O2. The molecule has 1 rings (SSSR count). The third-order valence-corrected chi connectivity index (χ3v) is 6.77. The largest absolute Gasteiger partial charge is 0.462 e. The van der Waals surface area contributed by atoms with Crippen molar-refractivity contribution in [3.63, 3.8) is 0 Å². The van der Waals surface area contributed by atoms with Gasteiger partial charge in [-0.25, -0.2) is 0 Å². The van der Waals surface area contributed by atoms with Crippen LogP contribution in [0.3, 0.4) is 0 Å². The Labute approximate surface area is 204 Å². The summed E-state index contributed by atoms with van der Waals surface area (Å²) in [5.74, 6) is 0.0171. The molecule has 1 atom stereocenters. The van der Waals surface area contributed by atoms with E-state index in [4.69, 9.17) is 10.1 Å². The molecule has 0 saturated carbocycles. The molecular weight excluding hydrogens is 410 g/mol. The summed E-state index contributed by atoms with van der Waals surface area (Å²) in [6, 6.07) is 0. The third-order valence-electron chi connectivity index (χ3n) is 6.77. The zero-order valence-corrected chi connectivity index (χ0v) is 21.7. The molecule has 1 heterocycles. The van der Waals surface area contributed by atoms with Crippen LogP contribution < -0.4 is 0 Å². The smallest absolute Gasteiger partial charge is 0.306 e. The van der Waals surface area contributed by atoms with Crippen LogP contribution in [0.2, 0.25) is 0 Å². The number of carbonyl (C=O) groups excluding carboxylic acids is 1. The van der Waals surface area contributed by atoms with Gasteiger partial charge in [0.05, 0.1) is 0 Å². The van der Waals surface area contributed by atoms with E-state index in [1.807, 2.05) is 13.3 Å². The maximum atomic E-state index is 12.5. The van der Waals surface area contributed by atoms with E-state index in [-0.39, 0.29) is 12.1 Å². The lowest BCUT2D eigenvalue weighted by Gasteiger charge is -2.19. The summed E-state index contributed by atoms with van der Waals surface area (Å²) in [6.45, 7) is 3.44. The molecule has 5 heteroatoms. The van der Waals surface area contributed by atoms with Crippen LogP contribution in [-0.4, -0.2) is 56.1 Å². The van der Waals surface area contributed by atoms with Gasteiger partial charge in [0.15, 0.2) is 0 Å². The first-order valence-corrected chi connectivity index (χ1v) is 14.1. The topological polar surface area (TPSA) is 65.8 Å². The molecule has 0 bridgehead atoms. The van der Waals surface area contributed by atoms with Gasteiger partial charge in [-0.2, -0.15) is 0 Å². The lowest BCUT2D eigenvalue weighted by atomic mass is 10.0. The maximum Gasteiger partial charge on any atom is 0.306 e. The minimum Gasteiger partial charge on any atom is -0.462 e. The van der Waals surface area contributed by atoms with Gasteiger partial charge in [0.2, 0.25) is 0 Å². The zero-order valence-electron chi connectivity index (χ0n) is 21.7. The molecule has 0 radical (unpaired) electrons.